The Balaban J connectivity index is 1.55. The molecular weight excluding hydrogens is 323 g/mol. The Hall–Kier alpha value is -2.32. The molecule has 0 fully saturated rings. The average Bonchev–Trinajstić information content (AvgIpc) is 2.88. The van der Waals surface area contributed by atoms with Crippen LogP contribution in [0.3, 0.4) is 0 Å². The normalized spacial score (nSPS) is 14.5. The lowest BCUT2D eigenvalue weighted by molar-refractivity contribution is -0.141. The van der Waals surface area contributed by atoms with Crippen molar-refractivity contribution in [2.45, 2.75) is 44.9 Å². The molecule has 3 heterocycles. The molecular formula is C15H18F3N5O. The molecule has 2 aromatic heterocycles. The zero-order chi connectivity index (χ0) is 17.2. The van der Waals surface area contributed by atoms with Crippen LogP contribution < -0.4 is 11.0 Å². The third-order valence-electron chi connectivity index (χ3n) is 3.92. The number of rotatable bonds is 5. The second-order valence-corrected chi connectivity index (χ2v) is 5.72. The fraction of sp³-hybridized carbons (Fsp3) is 0.533. The summed E-state index contributed by atoms with van der Waals surface area (Å²) in [5.41, 5.74) is -1.03. The van der Waals surface area contributed by atoms with Gasteiger partial charge in [-0.05, 0) is 31.4 Å². The molecule has 1 aliphatic rings. The van der Waals surface area contributed by atoms with Gasteiger partial charge in [-0.15, -0.1) is 0 Å². The molecule has 3 rings (SSSR count). The predicted molar refractivity (Wildman–Crippen MR) is 81.8 cm³/mol. The molecule has 1 N–H and O–H groups in total. The molecule has 0 saturated carbocycles. The molecule has 0 radical (unpaired) electrons. The van der Waals surface area contributed by atoms with Crippen molar-refractivity contribution in [3.8, 4) is 0 Å². The highest BCUT2D eigenvalue weighted by Gasteiger charge is 2.32. The number of nitrogens with one attached hydrogen (secondary N) is 1. The molecule has 0 aliphatic carbocycles. The van der Waals surface area contributed by atoms with Crippen molar-refractivity contribution in [2.24, 2.45) is 0 Å². The number of aryl methyl sites for hydroxylation is 2. The first-order chi connectivity index (χ1) is 11.4. The maximum atomic E-state index is 12.6. The van der Waals surface area contributed by atoms with E-state index in [4.69, 9.17) is 0 Å². The first-order valence-corrected chi connectivity index (χ1v) is 7.90. The Kier molecular flexibility index (Phi) is 4.59. The molecule has 2 aromatic rings. The van der Waals surface area contributed by atoms with E-state index in [0.29, 0.717) is 26.1 Å². The van der Waals surface area contributed by atoms with Crippen molar-refractivity contribution in [2.75, 3.05) is 11.9 Å². The minimum absolute atomic E-state index is 0.109. The second-order valence-electron chi connectivity index (χ2n) is 5.72. The van der Waals surface area contributed by atoms with Crippen LogP contribution in [-0.2, 0) is 25.7 Å². The fourth-order valence-corrected chi connectivity index (χ4v) is 2.73. The van der Waals surface area contributed by atoms with E-state index < -0.39 is 11.9 Å². The van der Waals surface area contributed by atoms with Crippen LogP contribution in [0.25, 0.3) is 0 Å². The van der Waals surface area contributed by atoms with E-state index in [1.54, 1.807) is 4.57 Å². The minimum Gasteiger partial charge on any atom is -0.370 e. The number of alkyl halides is 3. The number of halogens is 3. The zero-order valence-corrected chi connectivity index (χ0v) is 13.0. The van der Waals surface area contributed by atoms with Crippen molar-refractivity contribution in [1.29, 1.82) is 0 Å². The number of fused-ring (bicyclic) bond motifs is 1. The molecule has 6 nitrogen and oxygen atoms in total. The molecule has 0 atom stereocenters. The van der Waals surface area contributed by atoms with Crippen LogP contribution in [0.2, 0.25) is 0 Å². The molecule has 1 aliphatic heterocycles. The molecule has 0 bridgehead atoms. The van der Waals surface area contributed by atoms with Gasteiger partial charge in [0.05, 0.1) is 0 Å². The number of hydrogen-bond acceptors (Lipinski definition) is 4. The Labute approximate surface area is 136 Å². The van der Waals surface area contributed by atoms with E-state index >= 15 is 0 Å². The highest BCUT2D eigenvalue weighted by molar-refractivity contribution is 5.35. The third-order valence-corrected chi connectivity index (χ3v) is 3.92. The van der Waals surface area contributed by atoms with Gasteiger partial charge < -0.3 is 5.32 Å². The van der Waals surface area contributed by atoms with Crippen molar-refractivity contribution in [3.63, 3.8) is 0 Å². The summed E-state index contributed by atoms with van der Waals surface area (Å²) < 4.78 is 40.9. The van der Waals surface area contributed by atoms with E-state index in [2.05, 4.69) is 15.4 Å². The van der Waals surface area contributed by atoms with Gasteiger partial charge in [-0.1, -0.05) is 6.07 Å². The van der Waals surface area contributed by atoms with Gasteiger partial charge in [-0.3, -0.25) is 4.57 Å². The lowest BCUT2D eigenvalue weighted by atomic mass is 10.2. The van der Waals surface area contributed by atoms with Gasteiger partial charge in [0.2, 0.25) is 0 Å². The minimum atomic E-state index is -4.46. The van der Waals surface area contributed by atoms with E-state index in [9.17, 15) is 18.0 Å². The standard InChI is InChI=1S/C15H18F3N5O/c16-15(17,18)11-5-3-6-12(20-11)19-8-4-10-23-14(24)22-9-2-1-7-13(22)21-23/h3,5-6H,1-2,4,7-10H2,(H,19,20). The highest BCUT2D eigenvalue weighted by Crippen LogP contribution is 2.28. The molecule has 0 saturated heterocycles. The number of nitrogens with zero attached hydrogens (tertiary/aromatic N) is 4. The van der Waals surface area contributed by atoms with Crippen molar-refractivity contribution in [3.05, 3.63) is 40.2 Å². The number of anilines is 1. The van der Waals surface area contributed by atoms with Gasteiger partial charge >= 0.3 is 11.9 Å². The van der Waals surface area contributed by atoms with Crippen LogP contribution in [0.1, 0.15) is 30.8 Å². The number of pyridine rings is 1. The van der Waals surface area contributed by atoms with Gasteiger partial charge in [0, 0.05) is 26.1 Å². The topological polar surface area (TPSA) is 64.7 Å². The Morgan fingerprint density at radius 3 is 2.83 bits per heavy atom. The summed E-state index contributed by atoms with van der Waals surface area (Å²) in [6, 6.07) is 3.73. The van der Waals surface area contributed by atoms with Crippen molar-refractivity contribution < 1.29 is 13.2 Å². The maximum absolute atomic E-state index is 12.6. The fourth-order valence-electron chi connectivity index (χ4n) is 2.73. The Morgan fingerprint density at radius 1 is 1.25 bits per heavy atom. The highest BCUT2D eigenvalue weighted by atomic mass is 19.4. The van der Waals surface area contributed by atoms with Crippen LogP contribution in [0.4, 0.5) is 19.0 Å². The summed E-state index contributed by atoms with van der Waals surface area (Å²) in [6.45, 7) is 1.54. The molecule has 0 unspecified atom stereocenters. The maximum Gasteiger partial charge on any atom is 0.433 e. The zero-order valence-electron chi connectivity index (χ0n) is 13.0. The van der Waals surface area contributed by atoms with Crippen molar-refractivity contribution >= 4 is 5.82 Å². The largest absolute Gasteiger partial charge is 0.433 e. The molecule has 0 spiro atoms. The van der Waals surface area contributed by atoms with Crippen LogP contribution >= 0.6 is 0 Å². The molecule has 130 valence electrons. The molecule has 0 amide bonds. The summed E-state index contributed by atoms with van der Waals surface area (Å²) in [6.07, 6.45) is -1.05. The smallest absolute Gasteiger partial charge is 0.370 e. The van der Waals surface area contributed by atoms with E-state index in [0.717, 1.165) is 31.2 Å². The lowest BCUT2D eigenvalue weighted by Gasteiger charge is -2.09. The monoisotopic (exact) mass is 341 g/mol. The van der Waals surface area contributed by atoms with Crippen LogP contribution in [0.15, 0.2) is 23.0 Å². The first kappa shape index (κ1) is 16.5. The van der Waals surface area contributed by atoms with E-state index in [1.807, 2.05) is 0 Å². The predicted octanol–water partition coefficient (Wildman–Crippen LogP) is 2.30. The van der Waals surface area contributed by atoms with Crippen LogP contribution in [0.5, 0.6) is 0 Å². The van der Waals surface area contributed by atoms with Gasteiger partial charge in [-0.2, -0.15) is 18.3 Å². The lowest BCUT2D eigenvalue weighted by Crippen LogP contribution is -2.27. The van der Waals surface area contributed by atoms with E-state index in [-0.39, 0.29) is 11.5 Å². The first-order valence-electron chi connectivity index (χ1n) is 7.90. The van der Waals surface area contributed by atoms with E-state index in [1.165, 1.54) is 16.8 Å². The summed E-state index contributed by atoms with van der Waals surface area (Å²) in [5.74, 6) is 0.986. The van der Waals surface area contributed by atoms with Crippen LogP contribution in [-0.4, -0.2) is 25.9 Å². The quantitative estimate of drug-likeness (QED) is 0.848. The van der Waals surface area contributed by atoms with Crippen molar-refractivity contribution in [1.82, 2.24) is 19.3 Å². The summed E-state index contributed by atoms with van der Waals surface area (Å²) in [7, 11) is 0. The Morgan fingerprint density at radius 2 is 2.08 bits per heavy atom. The van der Waals surface area contributed by atoms with Gasteiger partial charge in [0.15, 0.2) is 0 Å². The molecule has 0 aromatic carbocycles. The molecule has 24 heavy (non-hydrogen) atoms. The number of aromatic nitrogens is 4. The third kappa shape index (κ3) is 3.60. The summed E-state index contributed by atoms with van der Waals surface area (Å²) >= 11 is 0. The number of hydrogen-bond donors (Lipinski definition) is 1. The van der Waals surface area contributed by atoms with Gasteiger partial charge in [-0.25, -0.2) is 14.5 Å². The SMILES string of the molecule is O=c1n(CCCNc2cccc(C(F)(F)F)n2)nc2n1CCCC2. The Bertz CT molecular complexity index is 765. The van der Waals surface area contributed by atoms with Gasteiger partial charge in [0.25, 0.3) is 0 Å². The summed E-state index contributed by atoms with van der Waals surface area (Å²) in [4.78, 5) is 15.7. The van der Waals surface area contributed by atoms with Crippen LogP contribution in [0, 0.1) is 0 Å². The average molecular weight is 341 g/mol. The van der Waals surface area contributed by atoms with Gasteiger partial charge in [0.1, 0.15) is 17.3 Å². The summed E-state index contributed by atoms with van der Waals surface area (Å²) in [5, 5.41) is 7.16. The second kappa shape index (κ2) is 6.66. The molecule has 9 heteroatoms.